The van der Waals surface area contributed by atoms with Crippen LogP contribution >= 0.6 is 23.2 Å². The Hall–Kier alpha value is -3.20. The summed E-state index contributed by atoms with van der Waals surface area (Å²) in [7, 11) is -3.34. The molecule has 10 heteroatoms. The highest BCUT2D eigenvalue weighted by atomic mass is 35.5. The van der Waals surface area contributed by atoms with Crippen molar-refractivity contribution < 1.29 is 13.2 Å². The quantitative estimate of drug-likeness (QED) is 0.395. The predicted octanol–water partition coefficient (Wildman–Crippen LogP) is 5.40. The van der Waals surface area contributed by atoms with E-state index in [0.29, 0.717) is 40.6 Å². The Kier molecular flexibility index (Phi) is 5.89. The first-order valence-corrected chi connectivity index (χ1v) is 12.8. The molecule has 0 atom stereocenters. The summed E-state index contributed by atoms with van der Waals surface area (Å²) in [6.45, 7) is 0.398. The zero-order valence-corrected chi connectivity index (χ0v) is 20.0. The fraction of sp³-hybridized carbons (Fsp3) is 0.125. The molecule has 1 aliphatic rings. The summed E-state index contributed by atoms with van der Waals surface area (Å²) in [6.07, 6.45) is 3.93. The van der Waals surface area contributed by atoms with Crippen LogP contribution < -0.4 is 9.62 Å². The first-order chi connectivity index (χ1) is 16.3. The van der Waals surface area contributed by atoms with Crippen molar-refractivity contribution in [2.24, 2.45) is 0 Å². The molecule has 0 unspecified atom stereocenters. The number of sulfonamides is 1. The van der Waals surface area contributed by atoms with Crippen LogP contribution in [-0.4, -0.2) is 36.6 Å². The van der Waals surface area contributed by atoms with E-state index < -0.39 is 15.9 Å². The molecule has 1 amide bonds. The van der Waals surface area contributed by atoms with E-state index in [-0.39, 0.29) is 16.3 Å². The zero-order chi connectivity index (χ0) is 23.9. The minimum Gasteiger partial charge on any atom is -0.322 e. The Morgan fingerprint density at radius 2 is 1.82 bits per heavy atom. The van der Waals surface area contributed by atoms with Gasteiger partial charge in [0, 0.05) is 35.6 Å². The van der Waals surface area contributed by atoms with Crippen molar-refractivity contribution in [1.29, 1.82) is 0 Å². The standard InChI is InChI=1S/C24H18Cl2N4O3S/c25-20-7-4-15(13-19(20)23-18-3-1-9-27-22(18)8-10-28-23)29-24(31)17-6-5-16(14-21(17)26)30-11-2-12-34(30,32)33/h1,3-10,13-14H,2,11-12H2,(H,29,31). The van der Waals surface area contributed by atoms with Crippen LogP contribution in [0.3, 0.4) is 0 Å². The summed E-state index contributed by atoms with van der Waals surface area (Å²) >= 11 is 12.8. The second-order valence-corrected chi connectivity index (χ2v) is 10.6. The van der Waals surface area contributed by atoms with E-state index in [1.54, 1.807) is 36.7 Å². The Bertz CT molecular complexity index is 1540. The average molecular weight is 513 g/mol. The van der Waals surface area contributed by atoms with E-state index in [1.807, 2.05) is 18.2 Å². The van der Waals surface area contributed by atoms with Gasteiger partial charge in [0.2, 0.25) is 10.0 Å². The van der Waals surface area contributed by atoms with Gasteiger partial charge in [-0.25, -0.2) is 8.42 Å². The molecule has 1 saturated heterocycles. The van der Waals surface area contributed by atoms with Crippen LogP contribution in [0.4, 0.5) is 11.4 Å². The molecule has 3 heterocycles. The number of nitrogens with zero attached hydrogens (tertiary/aromatic N) is 3. The Labute approximate surface area is 206 Å². The van der Waals surface area contributed by atoms with Crippen LogP contribution in [0.25, 0.3) is 22.2 Å². The number of hydrogen-bond acceptors (Lipinski definition) is 5. The van der Waals surface area contributed by atoms with E-state index >= 15 is 0 Å². The third-order valence-corrected chi connectivity index (χ3v) is 8.11. The minimum absolute atomic E-state index is 0.105. The SMILES string of the molecule is O=C(Nc1ccc(Cl)c(-c2nccc3ncccc23)c1)c1ccc(N2CCCS2(=O)=O)cc1Cl. The molecule has 2 aromatic heterocycles. The Balaban J connectivity index is 1.44. The number of nitrogens with one attached hydrogen (secondary N) is 1. The smallest absolute Gasteiger partial charge is 0.257 e. The number of pyridine rings is 2. The summed E-state index contributed by atoms with van der Waals surface area (Å²) in [4.78, 5) is 21.8. The maximum Gasteiger partial charge on any atom is 0.257 e. The lowest BCUT2D eigenvalue weighted by Gasteiger charge is -2.18. The summed E-state index contributed by atoms with van der Waals surface area (Å²) in [5.74, 6) is -0.324. The summed E-state index contributed by atoms with van der Waals surface area (Å²) in [6, 6.07) is 15.3. The molecule has 0 saturated carbocycles. The van der Waals surface area contributed by atoms with Gasteiger partial charge in [0.1, 0.15) is 0 Å². The van der Waals surface area contributed by atoms with Crippen molar-refractivity contribution in [2.75, 3.05) is 21.9 Å². The molecule has 0 spiro atoms. The number of anilines is 2. The number of benzene rings is 2. The van der Waals surface area contributed by atoms with Gasteiger partial charge in [0.15, 0.2) is 0 Å². The lowest BCUT2D eigenvalue weighted by molar-refractivity contribution is 0.102. The van der Waals surface area contributed by atoms with Gasteiger partial charge in [0.25, 0.3) is 5.91 Å². The number of fused-ring (bicyclic) bond motifs is 1. The molecular formula is C24H18Cl2N4O3S. The molecule has 0 bridgehead atoms. The maximum atomic E-state index is 13.0. The number of carbonyl (C=O) groups is 1. The van der Waals surface area contributed by atoms with Crippen molar-refractivity contribution in [3.05, 3.63) is 82.6 Å². The highest BCUT2D eigenvalue weighted by Gasteiger charge is 2.29. The van der Waals surface area contributed by atoms with Gasteiger partial charge in [-0.2, -0.15) is 0 Å². The first-order valence-electron chi connectivity index (χ1n) is 10.4. The molecule has 7 nitrogen and oxygen atoms in total. The molecule has 0 aliphatic carbocycles. The molecule has 172 valence electrons. The largest absolute Gasteiger partial charge is 0.322 e. The maximum absolute atomic E-state index is 13.0. The van der Waals surface area contributed by atoms with E-state index in [2.05, 4.69) is 15.3 Å². The topological polar surface area (TPSA) is 92.3 Å². The van der Waals surface area contributed by atoms with Crippen molar-refractivity contribution in [3.8, 4) is 11.3 Å². The van der Waals surface area contributed by atoms with Crippen LogP contribution in [0.5, 0.6) is 0 Å². The van der Waals surface area contributed by atoms with Crippen LogP contribution in [0, 0.1) is 0 Å². The summed E-state index contributed by atoms with van der Waals surface area (Å²) < 4.78 is 25.7. The first kappa shape index (κ1) is 22.6. The van der Waals surface area contributed by atoms with Crippen LogP contribution in [0.2, 0.25) is 10.0 Å². The van der Waals surface area contributed by atoms with E-state index in [1.165, 1.54) is 16.4 Å². The van der Waals surface area contributed by atoms with Gasteiger partial charge >= 0.3 is 0 Å². The normalized spacial score (nSPS) is 14.9. The third kappa shape index (κ3) is 4.20. The van der Waals surface area contributed by atoms with Crippen molar-refractivity contribution in [2.45, 2.75) is 6.42 Å². The molecule has 4 aromatic rings. The average Bonchev–Trinajstić information content (AvgIpc) is 3.18. The van der Waals surface area contributed by atoms with Crippen molar-refractivity contribution in [1.82, 2.24) is 9.97 Å². The predicted molar refractivity (Wildman–Crippen MR) is 135 cm³/mol. The number of amides is 1. The second kappa shape index (κ2) is 8.87. The second-order valence-electron chi connectivity index (χ2n) is 7.78. The molecule has 34 heavy (non-hydrogen) atoms. The molecular weight excluding hydrogens is 495 g/mol. The van der Waals surface area contributed by atoms with Crippen molar-refractivity contribution in [3.63, 3.8) is 0 Å². The highest BCUT2D eigenvalue weighted by Crippen LogP contribution is 2.34. The van der Waals surface area contributed by atoms with Gasteiger partial charge in [-0.1, -0.05) is 23.2 Å². The molecule has 1 N–H and O–H groups in total. The molecule has 5 rings (SSSR count). The monoisotopic (exact) mass is 512 g/mol. The van der Waals surface area contributed by atoms with E-state index in [4.69, 9.17) is 23.2 Å². The van der Waals surface area contributed by atoms with Gasteiger partial charge in [-0.15, -0.1) is 0 Å². The van der Waals surface area contributed by atoms with Crippen LogP contribution in [0.15, 0.2) is 67.0 Å². The lowest BCUT2D eigenvalue weighted by Crippen LogP contribution is -2.25. The molecule has 1 fully saturated rings. The number of carbonyl (C=O) groups excluding carboxylic acids is 1. The fourth-order valence-electron chi connectivity index (χ4n) is 3.97. The van der Waals surface area contributed by atoms with E-state index in [0.717, 1.165) is 10.9 Å². The summed E-state index contributed by atoms with van der Waals surface area (Å²) in [5, 5.41) is 4.31. The lowest BCUT2D eigenvalue weighted by atomic mass is 10.1. The minimum atomic E-state index is -3.34. The zero-order valence-electron chi connectivity index (χ0n) is 17.7. The number of hydrogen-bond donors (Lipinski definition) is 1. The fourth-order valence-corrected chi connectivity index (χ4v) is 6.00. The highest BCUT2D eigenvalue weighted by molar-refractivity contribution is 7.93. The number of halogens is 2. The van der Waals surface area contributed by atoms with Gasteiger partial charge in [0.05, 0.1) is 38.3 Å². The Morgan fingerprint density at radius 3 is 2.59 bits per heavy atom. The van der Waals surface area contributed by atoms with Crippen LogP contribution in [0.1, 0.15) is 16.8 Å². The van der Waals surface area contributed by atoms with Gasteiger partial charge in [-0.3, -0.25) is 19.1 Å². The molecule has 1 aliphatic heterocycles. The van der Waals surface area contributed by atoms with Crippen LogP contribution in [-0.2, 0) is 10.0 Å². The molecule has 0 radical (unpaired) electrons. The molecule has 2 aromatic carbocycles. The van der Waals surface area contributed by atoms with Crippen molar-refractivity contribution >= 4 is 61.4 Å². The van der Waals surface area contributed by atoms with E-state index in [9.17, 15) is 13.2 Å². The van der Waals surface area contributed by atoms with Gasteiger partial charge < -0.3 is 5.32 Å². The summed E-state index contributed by atoms with van der Waals surface area (Å²) in [5.41, 5.74) is 3.27. The number of aromatic nitrogens is 2. The third-order valence-electron chi connectivity index (χ3n) is 5.59. The number of rotatable bonds is 4. The Morgan fingerprint density at radius 1 is 0.971 bits per heavy atom. The van der Waals surface area contributed by atoms with Gasteiger partial charge in [-0.05, 0) is 61.0 Å².